The smallest absolute Gasteiger partial charge is 0.273 e. The number of ether oxygens (including phenoxy) is 2. The molecule has 24 heavy (non-hydrogen) atoms. The highest BCUT2D eigenvalue weighted by molar-refractivity contribution is 5.91. The number of nitrogens with one attached hydrogen (secondary N) is 1. The van der Waals surface area contributed by atoms with E-state index in [0.717, 1.165) is 65.3 Å². The first-order valence-electron chi connectivity index (χ1n) is 8.91. The molecule has 0 radical (unpaired) electrons. The SMILES string of the molecule is O=C(NCCC1CCCCO1)c1cn(CCN2CCOCC2)nn1. The Morgan fingerprint density at radius 3 is 2.92 bits per heavy atom. The Kier molecular flexibility index (Phi) is 6.57. The molecule has 1 unspecified atom stereocenters. The van der Waals surface area contributed by atoms with E-state index in [1.54, 1.807) is 10.9 Å². The van der Waals surface area contributed by atoms with Crippen molar-refractivity contribution in [1.82, 2.24) is 25.2 Å². The number of morpholine rings is 1. The lowest BCUT2D eigenvalue weighted by atomic mass is 10.1. The summed E-state index contributed by atoms with van der Waals surface area (Å²) in [5, 5.41) is 10.9. The van der Waals surface area contributed by atoms with Crippen LogP contribution in [0.5, 0.6) is 0 Å². The van der Waals surface area contributed by atoms with Crippen LogP contribution in [0.4, 0.5) is 0 Å². The fourth-order valence-corrected chi connectivity index (χ4v) is 3.05. The number of carbonyl (C=O) groups is 1. The summed E-state index contributed by atoms with van der Waals surface area (Å²) >= 11 is 0. The largest absolute Gasteiger partial charge is 0.379 e. The van der Waals surface area contributed by atoms with Crippen molar-refractivity contribution in [3.05, 3.63) is 11.9 Å². The van der Waals surface area contributed by atoms with Crippen LogP contribution in [-0.4, -0.2) is 77.9 Å². The normalized spacial score (nSPS) is 22.4. The standard InChI is InChI=1S/C16H27N5O3/c22-16(17-5-4-14-3-1-2-10-24-14)15-13-21(19-18-15)7-6-20-8-11-23-12-9-20/h13-14H,1-12H2,(H,17,22). The van der Waals surface area contributed by atoms with Crippen LogP contribution in [0.1, 0.15) is 36.2 Å². The van der Waals surface area contributed by atoms with Gasteiger partial charge in [-0.2, -0.15) is 0 Å². The van der Waals surface area contributed by atoms with Gasteiger partial charge in [-0.15, -0.1) is 5.10 Å². The van der Waals surface area contributed by atoms with Gasteiger partial charge in [-0.3, -0.25) is 14.4 Å². The molecule has 134 valence electrons. The molecule has 2 aliphatic heterocycles. The molecule has 3 rings (SSSR count). The Labute approximate surface area is 142 Å². The lowest BCUT2D eigenvalue weighted by molar-refractivity contribution is 0.0117. The number of hydrogen-bond donors (Lipinski definition) is 1. The molecule has 0 aromatic carbocycles. The lowest BCUT2D eigenvalue weighted by Gasteiger charge is -2.26. The monoisotopic (exact) mass is 337 g/mol. The fourth-order valence-electron chi connectivity index (χ4n) is 3.05. The van der Waals surface area contributed by atoms with Crippen molar-refractivity contribution in [2.45, 2.75) is 38.3 Å². The van der Waals surface area contributed by atoms with Gasteiger partial charge in [0.2, 0.25) is 0 Å². The molecule has 8 nitrogen and oxygen atoms in total. The van der Waals surface area contributed by atoms with Gasteiger partial charge in [0.05, 0.1) is 32.1 Å². The molecule has 3 heterocycles. The van der Waals surface area contributed by atoms with E-state index in [0.29, 0.717) is 12.2 Å². The highest BCUT2D eigenvalue weighted by Gasteiger charge is 2.16. The molecule has 0 aliphatic carbocycles. The van der Waals surface area contributed by atoms with Crippen LogP contribution >= 0.6 is 0 Å². The first-order chi connectivity index (χ1) is 11.8. The van der Waals surface area contributed by atoms with Gasteiger partial charge >= 0.3 is 0 Å². The highest BCUT2D eigenvalue weighted by Crippen LogP contribution is 2.14. The minimum absolute atomic E-state index is 0.163. The average Bonchev–Trinajstić information content (AvgIpc) is 3.11. The van der Waals surface area contributed by atoms with Crippen LogP contribution in [0.15, 0.2) is 6.20 Å². The third kappa shape index (κ3) is 5.25. The van der Waals surface area contributed by atoms with Crippen LogP contribution in [0.2, 0.25) is 0 Å². The van der Waals surface area contributed by atoms with Crippen molar-refractivity contribution in [2.75, 3.05) is 46.0 Å². The van der Waals surface area contributed by atoms with Gasteiger partial charge in [0.1, 0.15) is 0 Å². The minimum Gasteiger partial charge on any atom is -0.379 e. The summed E-state index contributed by atoms with van der Waals surface area (Å²) in [5.41, 5.74) is 0.376. The van der Waals surface area contributed by atoms with E-state index in [2.05, 4.69) is 20.5 Å². The summed E-state index contributed by atoms with van der Waals surface area (Å²) < 4.78 is 12.7. The second kappa shape index (κ2) is 9.10. The van der Waals surface area contributed by atoms with E-state index in [-0.39, 0.29) is 12.0 Å². The van der Waals surface area contributed by atoms with Gasteiger partial charge in [0.25, 0.3) is 5.91 Å². The van der Waals surface area contributed by atoms with E-state index in [9.17, 15) is 4.79 Å². The molecule has 2 fully saturated rings. The number of hydrogen-bond acceptors (Lipinski definition) is 6. The summed E-state index contributed by atoms with van der Waals surface area (Å²) in [5.74, 6) is -0.163. The van der Waals surface area contributed by atoms with E-state index < -0.39 is 0 Å². The summed E-state index contributed by atoms with van der Waals surface area (Å²) in [4.78, 5) is 14.4. The zero-order valence-electron chi connectivity index (χ0n) is 14.2. The molecule has 1 aromatic rings. The average molecular weight is 337 g/mol. The molecule has 0 bridgehead atoms. The Bertz CT molecular complexity index is 510. The molecule has 8 heteroatoms. The second-order valence-electron chi connectivity index (χ2n) is 6.35. The van der Waals surface area contributed by atoms with Crippen molar-refractivity contribution >= 4 is 5.91 Å². The van der Waals surface area contributed by atoms with Gasteiger partial charge in [-0.25, -0.2) is 0 Å². The van der Waals surface area contributed by atoms with Gasteiger partial charge in [0.15, 0.2) is 5.69 Å². The molecule has 2 saturated heterocycles. The Morgan fingerprint density at radius 1 is 1.25 bits per heavy atom. The number of rotatable bonds is 7. The second-order valence-corrected chi connectivity index (χ2v) is 6.35. The van der Waals surface area contributed by atoms with Crippen molar-refractivity contribution in [3.8, 4) is 0 Å². The van der Waals surface area contributed by atoms with Gasteiger partial charge in [-0.05, 0) is 25.7 Å². The first-order valence-corrected chi connectivity index (χ1v) is 8.91. The zero-order chi connectivity index (χ0) is 16.6. The molecule has 1 amide bonds. The van der Waals surface area contributed by atoms with Crippen molar-refractivity contribution in [1.29, 1.82) is 0 Å². The van der Waals surface area contributed by atoms with E-state index in [1.165, 1.54) is 6.42 Å². The minimum atomic E-state index is -0.163. The maximum Gasteiger partial charge on any atom is 0.273 e. The molecular weight excluding hydrogens is 310 g/mol. The van der Waals surface area contributed by atoms with E-state index in [4.69, 9.17) is 9.47 Å². The summed E-state index contributed by atoms with van der Waals surface area (Å²) in [6.07, 6.45) is 6.31. The third-order valence-electron chi connectivity index (χ3n) is 4.55. The quantitative estimate of drug-likeness (QED) is 0.771. The van der Waals surface area contributed by atoms with Crippen molar-refractivity contribution in [2.24, 2.45) is 0 Å². The Morgan fingerprint density at radius 2 is 2.12 bits per heavy atom. The Hall–Kier alpha value is -1.51. The van der Waals surface area contributed by atoms with Crippen LogP contribution in [-0.2, 0) is 16.0 Å². The zero-order valence-corrected chi connectivity index (χ0v) is 14.2. The summed E-state index contributed by atoms with van der Waals surface area (Å²) in [7, 11) is 0. The van der Waals surface area contributed by atoms with Crippen LogP contribution in [0.3, 0.4) is 0 Å². The van der Waals surface area contributed by atoms with Gasteiger partial charge in [-0.1, -0.05) is 5.21 Å². The van der Waals surface area contributed by atoms with Crippen LogP contribution in [0, 0.1) is 0 Å². The fraction of sp³-hybridized carbons (Fsp3) is 0.812. The lowest BCUT2D eigenvalue weighted by Crippen LogP contribution is -2.38. The maximum atomic E-state index is 12.1. The molecule has 0 saturated carbocycles. The first kappa shape index (κ1) is 17.3. The molecular formula is C16H27N5O3. The third-order valence-corrected chi connectivity index (χ3v) is 4.55. The summed E-state index contributed by atoms with van der Waals surface area (Å²) in [6.45, 7) is 6.56. The van der Waals surface area contributed by atoms with E-state index in [1.807, 2.05) is 0 Å². The van der Waals surface area contributed by atoms with Gasteiger partial charge in [0, 0.05) is 32.8 Å². The topological polar surface area (TPSA) is 81.5 Å². The van der Waals surface area contributed by atoms with Gasteiger partial charge < -0.3 is 14.8 Å². The highest BCUT2D eigenvalue weighted by atomic mass is 16.5. The van der Waals surface area contributed by atoms with Crippen molar-refractivity contribution in [3.63, 3.8) is 0 Å². The van der Waals surface area contributed by atoms with Crippen LogP contribution < -0.4 is 5.32 Å². The van der Waals surface area contributed by atoms with Crippen LogP contribution in [0.25, 0.3) is 0 Å². The molecule has 1 N–H and O–H groups in total. The number of carbonyl (C=O) groups excluding carboxylic acids is 1. The van der Waals surface area contributed by atoms with E-state index >= 15 is 0 Å². The number of aromatic nitrogens is 3. The number of nitrogens with zero attached hydrogens (tertiary/aromatic N) is 4. The molecule has 1 atom stereocenters. The maximum absolute atomic E-state index is 12.1. The predicted molar refractivity (Wildman–Crippen MR) is 87.8 cm³/mol. The molecule has 1 aromatic heterocycles. The van der Waals surface area contributed by atoms with Crippen molar-refractivity contribution < 1.29 is 14.3 Å². The molecule has 2 aliphatic rings. The number of amides is 1. The summed E-state index contributed by atoms with van der Waals surface area (Å²) in [6, 6.07) is 0. The molecule has 0 spiro atoms. The predicted octanol–water partition coefficient (Wildman–Crippen LogP) is 0.299. The Balaban J connectivity index is 1.36.